The van der Waals surface area contributed by atoms with Gasteiger partial charge < -0.3 is 5.73 Å². The van der Waals surface area contributed by atoms with Gasteiger partial charge in [-0.3, -0.25) is 0 Å². The molecule has 0 saturated heterocycles. The highest BCUT2D eigenvalue weighted by Crippen LogP contribution is 2.37. The van der Waals surface area contributed by atoms with Gasteiger partial charge in [-0.2, -0.15) is 0 Å². The van der Waals surface area contributed by atoms with Gasteiger partial charge in [0.1, 0.15) is 0 Å². The number of hydrogen-bond acceptors (Lipinski definition) is 1. The van der Waals surface area contributed by atoms with Gasteiger partial charge >= 0.3 is 0 Å². The van der Waals surface area contributed by atoms with Crippen molar-refractivity contribution in [1.29, 1.82) is 0 Å². The molecule has 0 spiro atoms. The summed E-state index contributed by atoms with van der Waals surface area (Å²) < 4.78 is 0. The van der Waals surface area contributed by atoms with E-state index in [4.69, 9.17) is 5.73 Å². The van der Waals surface area contributed by atoms with Crippen molar-refractivity contribution in [1.82, 2.24) is 0 Å². The largest absolute Gasteiger partial charge is 0.325 e. The SMILES string of the molecule is CCC1CCCCC1(N)CCC(C)C. The first-order valence-electron chi connectivity index (χ1n) is 6.37. The standard InChI is InChI=1S/C13H27N/c1-4-12-7-5-6-9-13(12,14)10-8-11(2)3/h11-12H,4-10,14H2,1-3H3. The fourth-order valence-electron chi connectivity index (χ4n) is 2.83. The van der Waals surface area contributed by atoms with E-state index >= 15 is 0 Å². The highest BCUT2D eigenvalue weighted by Gasteiger charge is 2.35. The Morgan fingerprint density at radius 1 is 1.36 bits per heavy atom. The van der Waals surface area contributed by atoms with Crippen molar-refractivity contribution >= 4 is 0 Å². The number of rotatable bonds is 4. The summed E-state index contributed by atoms with van der Waals surface area (Å²) in [5, 5.41) is 0. The van der Waals surface area contributed by atoms with Gasteiger partial charge in [0, 0.05) is 5.54 Å². The Bertz CT molecular complexity index is 165. The average molecular weight is 197 g/mol. The van der Waals surface area contributed by atoms with E-state index in [1.165, 1.54) is 44.9 Å². The summed E-state index contributed by atoms with van der Waals surface area (Å²) in [6.45, 7) is 6.90. The van der Waals surface area contributed by atoms with Crippen molar-refractivity contribution in [2.24, 2.45) is 17.6 Å². The minimum Gasteiger partial charge on any atom is -0.325 e. The molecule has 0 aromatic heterocycles. The lowest BCUT2D eigenvalue weighted by Gasteiger charge is -2.41. The summed E-state index contributed by atoms with van der Waals surface area (Å²) in [6, 6.07) is 0. The molecule has 1 aliphatic carbocycles. The molecule has 0 amide bonds. The Balaban J connectivity index is 2.49. The van der Waals surface area contributed by atoms with Crippen LogP contribution in [0.15, 0.2) is 0 Å². The zero-order valence-electron chi connectivity index (χ0n) is 10.2. The van der Waals surface area contributed by atoms with Crippen molar-refractivity contribution in [3.8, 4) is 0 Å². The van der Waals surface area contributed by atoms with E-state index in [1.54, 1.807) is 0 Å². The molecule has 0 aromatic carbocycles. The van der Waals surface area contributed by atoms with Crippen LogP contribution in [0.4, 0.5) is 0 Å². The van der Waals surface area contributed by atoms with E-state index in [0.717, 1.165) is 11.8 Å². The zero-order valence-corrected chi connectivity index (χ0v) is 10.2. The monoisotopic (exact) mass is 197 g/mol. The van der Waals surface area contributed by atoms with Crippen molar-refractivity contribution < 1.29 is 0 Å². The van der Waals surface area contributed by atoms with E-state index in [0.29, 0.717) is 0 Å². The molecule has 0 aromatic rings. The molecule has 1 saturated carbocycles. The number of hydrogen-bond donors (Lipinski definition) is 1. The topological polar surface area (TPSA) is 26.0 Å². The predicted octanol–water partition coefficient (Wildman–Crippen LogP) is 3.72. The molecule has 2 unspecified atom stereocenters. The van der Waals surface area contributed by atoms with Crippen molar-refractivity contribution in [3.63, 3.8) is 0 Å². The maximum absolute atomic E-state index is 6.56. The van der Waals surface area contributed by atoms with Gasteiger partial charge in [-0.1, -0.05) is 40.0 Å². The third kappa shape index (κ3) is 2.98. The normalized spacial score (nSPS) is 33.6. The highest BCUT2D eigenvalue weighted by molar-refractivity contribution is 4.93. The Kier molecular flexibility index (Phi) is 4.43. The predicted molar refractivity (Wildman–Crippen MR) is 63.2 cm³/mol. The Labute approximate surface area is 89.5 Å². The first-order chi connectivity index (χ1) is 6.58. The number of nitrogens with two attached hydrogens (primary N) is 1. The molecule has 84 valence electrons. The molecule has 0 aliphatic heterocycles. The smallest absolute Gasteiger partial charge is 0.0182 e. The van der Waals surface area contributed by atoms with Gasteiger partial charge in [0.2, 0.25) is 0 Å². The fourth-order valence-corrected chi connectivity index (χ4v) is 2.83. The molecular formula is C13H27N. The molecule has 0 heterocycles. The summed E-state index contributed by atoms with van der Waals surface area (Å²) in [5.74, 6) is 1.59. The maximum Gasteiger partial charge on any atom is 0.0182 e. The summed E-state index contributed by atoms with van der Waals surface area (Å²) in [5.41, 5.74) is 6.74. The molecule has 1 aliphatic rings. The van der Waals surface area contributed by atoms with Crippen molar-refractivity contribution in [3.05, 3.63) is 0 Å². The molecule has 1 rings (SSSR count). The lowest BCUT2D eigenvalue weighted by Crippen LogP contribution is -2.49. The van der Waals surface area contributed by atoms with Crippen LogP contribution in [-0.4, -0.2) is 5.54 Å². The molecule has 2 N–H and O–H groups in total. The quantitative estimate of drug-likeness (QED) is 0.730. The molecule has 1 heteroatoms. The van der Waals surface area contributed by atoms with Crippen LogP contribution in [0.1, 0.15) is 65.7 Å². The maximum atomic E-state index is 6.56. The summed E-state index contributed by atoms with van der Waals surface area (Å²) in [6.07, 6.45) is 9.19. The van der Waals surface area contributed by atoms with Gasteiger partial charge in [-0.05, 0) is 37.5 Å². The van der Waals surface area contributed by atoms with Crippen LogP contribution in [0, 0.1) is 11.8 Å². The second-order valence-corrected chi connectivity index (χ2v) is 5.52. The molecular weight excluding hydrogens is 170 g/mol. The minimum atomic E-state index is 0.178. The van der Waals surface area contributed by atoms with Gasteiger partial charge in [0.25, 0.3) is 0 Å². The van der Waals surface area contributed by atoms with E-state index in [2.05, 4.69) is 20.8 Å². The van der Waals surface area contributed by atoms with Crippen LogP contribution >= 0.6 is 0 Å². The molecule has 14 heavy (non-hydrogen) atoms. The van der Waals surface area contributed by atoms with E-state index < -0.39 is 0 Å². The molecule has 0 radical (unpaired) electrons. The van der Waals surface area contributed by atoms with E-state index in [1.807, 2.05) is 0 Å². The first kappa shape index (κ1) is 12.0. The van der Waals surface area contributed by atoms with Gasteiger partial charge in [0.15, 0.2) is 0 Å². The Morgan fingerprint density at radius 2 is 2.07 bits per heavy atom. The van der Waals surface area contributed by atoms with Gasteiger partial charge in [-0.15, -0.1) is 0 Å². The zero-order chi connectivity index (χ0) is 10.6. The molecule has 1 nitrogen and oxygen atoms in total. The van der Waals surface area contributed by atoms with Crippen LogP contribution in [0.5, 0.6) is 0 Å². The molecule has 2 atom stereocenters. The Hall–Kier alpha value is -0.0400. The fraction of sp³-hybridized carbons (Fsp3) is 1.00. The van der Waals surface area contributed by atoms with Crippen molar-refractivity contribution in [2.45, 2.75) is 71.3 Å². The van der Waals surface area contributed by atoms with Crippen molar-refractivity contribution in [2.75, 3.05) is 0 Å². The lowest BCUT2D eigenvalue weighted by molar-refractivity contribution is 0.163. The third-order valence-electron chi connectivity index (χ3n) is 3.94. The first-order valence-corrected chi connectivity index (χ1v) is 6.37. The third-order valence-corrected chi connectivity index (χ3v) is 3.94. The van der Waals surface area contributed by atoms with E-state index in [-0.39, 0.29) is 5.54 Å². The van der Waals surface area contributed by atoms with Crippen LogP contribution < -0.4 is 5.73 Å². The summed E-state index contributed by atoms with van der Waals surface area (Å²) >= 11 is 0. The summed E-state index contributed by atoms with van der Waals surface area (Å²) in [4.78, 5) is 0. The summed E-state index contributed by atoms with van der Waals surface area (Å²) in [7, 11) is 0. The Morgan fingerprint density at radius 3 is 2.64 bits per heavy atom. The van der Waals surface area contributed by atoms with Crippen LogP contribution in [0.25, 0.3) is 0 Å². The van der Waals surface area contributed by atoms with Crippen LogP contribution in [0.3, 0.4) is 0 Å². The van der Waals surface area contributed by atoms with Crippen LogP contribution in [-0.2, 0) is 0 Å². The highest BCUT2D eigenvalue weighted by atomic mass is 14.8. The van der Waals surface area contributed by atoms with Gasteiger partial charge in [-0.25, -0.2) is 0 Å². The minimum absolute atomic E-state index is 0.178. The van der Waals surface area contributed by atoms with Gasteiger partial charge in [0.05, 0.1) is 0 Å². The second kappa shape index (κ2) is 5.16. The second-order valence-electron chi connectivity index (χ2n) is 5.52. The van der Waals surface area contributed by atoms with E-state index in [9.17, 15) is 0 Å². The van der Waals surface area contributed by atoms with Crippen LogP contribution in [0.2, 0.25) is 0 Å². The molecule has 1 fully saturated rings. The lowest BCUT2D eigenvalue weighted by atomic mass is 9.69. The molecule has 0 bridgehead atoms. The average Bonchev–Trinajstić information content (AvgIpc) is 2.16.